The highest BCUT2D eigenvalue weighted by atomic mass is 32.1. The zero-order valence-electron chi connectivity index (χ0n) is 16.3. The highest BCUT2D eigenvalue weighted by molar-refractivity contribution is 7.80. The van der Waals surface area contributed by atoms with Crippen LogP contribution in [0.5, 0.6) is 0 Å². The van der Waals surface area contributed by atoms with E-state index in [4.69, 9.17) is 5.73 Å². The maximum absolute atomic E-state index is 13.1. The van der Waals surface area contributed by atoms with E-state index in [9.17, 15) is 34.6 Å². The summed E-state index contributed by atoms with van der Waals surface area (Å²) in [5.74, 6) is -4.90. The lowest BCUT2D eigenvalue weighted by molar-refractivity contribution is -0.385. The van der Waals surface area contributed by atoms with Crippen molar-refractivity contribution in [2.45, 2.75) is 0 Å². The maximum atomic E-state index is 13.1. The number of hydrogen-bond acceptors (Lipinski definition) is 9. The average molecular weight is 471 g/mol. The molecule has 1 atom stereocenters. The Morgan fingerprint density at radius 2 is 1.67 bits per heavy atom. The standard InChI is InChI=1S/C18H13N7O7S/c19-18(33)22-21-14-13(15(26)20-9-3-1-5-11(7-9)24(29)30)16(27)23(17(14)28)10-4-2-6-12(8-10)25(31)32/h1-8,13H,(H,20,26)(H3,19,22,33)/b21-14+/t13-/m0/s1. The van der Waals surface area contributed by atoms with Gasteiger partial charge in [0.2, 0.25) is 5.91 Å². The monoisotopic (exact) mass is 471 g/mol. The van der Waals surface area contributed by atoms with Gasteiger partial charge in [0.15, 0.2) is 11.0 Å². The lowest BCUT2D eigenvalue weighted by Gasteiger charge is -2.14. The van der Waals surface area contributed by atoms with Crippen molar-refractivity contribution in [3.63, 3.8) is 0 Å². The molecule has 0 aromatic heterocycles. The van der Waals surface area contributed by atoms with Crippen LogP contribution in [0.3, 0.4) is 0 Å². The molecule has 1 aliphatic rings. The van der Waals surface area contributed by atoms with Gasteiger partial charge in [0.1, 0.15) is 5.71 Å². The van der Waals surface area contributed by atoms with Crippen LogP contribution in [-0.2, 0) is 14.4 Å². The number of nitrogens with zero attached hydrogens (tertiary/aromatic N) is 4. The van der Waals surface area contributed by atoms with Crippen molar-refractivity contribution < 1.29 is 24.2 Å². The topological polar surface area (TPSA) is 203 Å². The second-order valence-electron chi connectivity index (χ2n) is 6.46. The van der Waals surface area contributed by atoms with Crippen molar-refractivity contribution >= 4 is 63.5 Å². The number of rotatable bonds is 6. The van der Waals surface area contributed by atoms with Crippen LogP contribution in [0.25, 0.3) is 0 Å². The number of imide groups is 1. The van der Waals surface area contributed by atoms with Crippen LogP contribution in [0.4, 0.5) is 22.7 Å². The van der Waals surface area contributed by atoms with E-state index in [-0.39, 0.29) is 22.2 Å². The number of anilines is 2. The first-order chi connectivity index (χ1) is 15.6. The van der Waals surface area contributed by atoms with Gasteiger partial charge in [-0.25, -0.2) is 4.90 Å². The van der Waals surface area contributed by atoms with Crippen molar-refractivity contribution in [3.8, 4) is 0 Å². The van der Waals surface area contributed by atoms with E-state index in [0.717, 1.165) is 18.2 Å². The summed E-state index contributed by atoms with van der Waals surface area (Å²) < 4.78 is 0. The number of nitro groups is 2. The summed E-state index contributed by atoms with van der Waals surface area (Å²) in [5.41, 5.74) is 5.98. The highest BCUT2D eigenvalue weighted by Crippen LogP contribution is 2.29. The molecule has 15 heteroatoms. The summed E-state index contributed by atoms with van der Waals surface area (Å²) in [6.45, 7) is 0. The van der Waals surface area contributed by atoms with Crippen LogP contribution >= 0.6 is 12.2 Å². The van der Waals surface area contributed by atoms with Gasteiger partial charge in [-0.15, -0.1) is 0 Å². The Labute approximate surface area is 189 Å². The molecule has 2 aromatic carbocycles. The smallest absolute Gasteiger partial charge is 0.282 e. The van der Waals surface area contributed by atoms with Gasteiger partial charge in [0.05, 0.1) is 15.5 Å². The molecule has 0 radical (unpaired) electrons. The molecule has 1 aliphatic heterocycles. The summed E-state index contributed by atoms with van der Waals surface area (Å²) in [4.78, 5) is 60.1. The molecular weight excluding hydrogens is 458 g/mol. The number of non-ortho nitro benzene ring substituents is 2. The van der Waals surface area contributed by atoms with Crippen molar-refractivity contribution in [1.29, 1.82) is 0 Å². The molecule has 2 aromatic rings. The SMILES string of the molecule is NC(=S)N/N=C1/C(=O)N(c2cccc([N+](=O)[O-])c2)C(=O)[C@@H]1C(=O)Nc1cccc([N+](=O)[O-])c1. The van der Waals surface area contributed by atoms with E-state index >= 15 is 0 Å². The number of carbonyl (C=O) groups excluding carboxylic acids is 3. The van der Waals surface area contributed by atoms with Gasteiger partial charge in [-0.2, -0.15) is 5.10 Å². The van der Waals surface area contributed by atoms with Gasteiger partial charge in [0.25, 0.3) is 23.2 Å². The molecule has 168 valence electrons. The molecule has 0 unspecified atom stereocenters. The fraction of sp³-hybridized carbons (Fsp3) is 0.0556. The summed E-state index contributed by atoms with van der Waals surface area (Å²) in [7, 11) is 0. The number of nitrogens with two attached hydrogens (primary N) is 1. The second-order valence-corrected chi connectivity index (χ2v) is 6.90. The van der Waals surface area contributed by atoms with Crippen LogP contribution in [0.1, 0.15) is 0 Å². The normalized spacial score (nSPS) is 16.5. The van der Waals surface area contributed by atoms with Gasteiger partial charge in [-0.1, -0.05) is 12.1 Å². The highest BCUT2D eigenvalue weighted by Gasteiger charge is 2.50. The first kappa shape index (κ1) is 22.9. The lowest BCUT2D eigenvalue weighted by Crippen LogP contribution is -2.35. The maximum Gasteiger partial charge on any atom is 0.282 e. The van der Waals surface area contributed by atoms with Gasteiger partial charge in [-0.3, -0.25) is 40.0 Å². The number of nitrogens with one attached hydrogen (secondary N) is 2. The lowest BCUT2D eigenvalue weighted by atomic mass is 10.0. The molecule has 0 bridgehead atoms. The van der Waals surface area contributed by atoms with Crippen LogP contribution in [0.15, 0.2) is 53.6 Å². The number of hydrazone groups is 1. The Kier molecular flexibility index (Phi) is 6.34. The minimum Gasteiger partial charge on any atom is -0.375 e. The molecule has 1 fully saturated rings. The molecule has 1 saturated heterocycles. The van der Waals surface area contributed by atoms with Gasteiger partial charge in [-0.05, 0) is 24.4 Å². The van der Waals surface area contributed by atoms with Crippen LogP contribution < -0.4 is 21.4 Å². The van der Waals surface area contributed by atoms with Crippen LogP contribution in [0.2, 0.25) is 0 Å². The van der Waals surface area contributed by atoms with E-state index in [1.807, 2.05) is 0 Å². The van der Waals surface area contributed by atoms with E-state index in [0.29, 0.717) is 4.90 Å². The quantitative estimate of drug-likeness (QED) is 0.178. The van der Waals surface area contributed by atoms with E-state index in [1.165, 1.54) is 30.3 Å². The fourth-order valence-corrected chi connectivity index (χ4v) is 3.00. The number of carbonyl (C=O) groups is 3. The molecule has 4 N–H and O–H groups in total. The Balaban J connectivity index is 2.00. The van der Waals surface area contributed by atoms with Gasteiger partial charge in [0, 0.05) is 30.0 Å². The number of benzene rings is 2. The fourth-order valence-electron chi connectivity index (χ4n) is 2.95. The molecule has 3 amide bonds. The van der Waals surface area contributed by atoms with Gasteiger partial charge >= 0.3 is 0 Å². The minimum absolute atomic E-state index is 0.00935. The third-order valence-corrected chi connectivity index (χ3v) is 4.43. The average Bonchev–Trinajstić information content (AvgIpc) is 3.01. The first-order valence-electron chi connectivity index (χ1n) is 8.91. The molecule has 0 saturated carbocycles. The molecule has 0 spiro atoms. The predicted molar refractivity (Wildman–Crippen MR) is 118 cm³/mol. The van der Waals surface area contributed by atoms with Crippen LogP contribution in [-0.4, -0.2) is 38.4 Å². The molecule has 14 nitrogen and oxygen atoms in total. The Bertz CT molecular complexity index is 1250. The van der Waals surface area contributed by atoms with Crippen molar-refractivity contribution in [2.75, 3.05) is 10.2 Å². The summed E-state index contributed by atoms with van der Waals surface area (Å²) in [5, 5.41) is 27.7. The number of nitro benzene ring substituents is 2. The number of thiocarbonyl (C=S) groups is 1. The Morgan fingerprint density at radius 1 is 1.06 bits per heavy atom. The van der Waals surface area contributed by atoms with Crippen molar-refractivity contribution in [1.82, 2.24) is 5.43 Å². The largest absolute Gasteiger partial charge is 0.375 e. The molecular formula is C18H13N7O7S. The van der Waals surface area contributed by atoms with Crippen LogP contribution in [0, 0.1) is 26.1 Å². The molecule has 3 rings (SSSR count). The zero-order chi connectivity index (χ0) is 24.3. The third-order valence-electron chi connectivity index (χ3n) is 4.33. The number of hydrogen-bond donors (Lipinski definition) is 3. The Hall–Kier alpha value is -4.79. The Morgan fingerprint density at radius 3 is 2.27 bits per heavy atom. The van der Waals surface area contributed by atoms with Crippen molar-refractivity contribution in [3.05, 3.63) is 68.8 Å². The van der Waals surface area contributed by atoms with E-state index < -0.39 is 44.9 Å². The summed E-state index contributed by atoms with van der Waals surface area (Å²) in [6, 6.07) is 9.57. The molecule has 0 aliphatic carbocycles. The first-order valence-corrected chi connectivity index (χ1v) is 9.32. The third kappa shape index (κ3) is 4.77. The zero-order valence-corrected chi connectivity index (χ0v) is 17.1. The second kappa shape index (κ2) is 9.15. The molecule has 33 heavy (non-hydrogen) atoms. The predicted octanol–water partition coefficient (Wildman–Crippen LogP) is 0.820. The van der Waals surface area contributed by atoms with E-state index in [1.54, 1.807) is 0 Å². The van der Waals surface area contributed by atoms with Gasteiger partial charge < -0.3 is 11.1 Å². The minimum atomic E-state index is -1.79. The molecule has 1 heterocycles. The number of amides is 3. The summed E-state index contributed by atoms with van der Waals surface area (Å²) >= 11 is 4.63. The van der Waals surface area contributed by atoms with Crippen molar-refractivity contribution in [2.24, 2.45) is 16.8 Å². The summed E-state index contributed by atoms with van der Waals surface area (Å²) in [6.07, 6.45) is 0. The van der Waals surface area contributed by atoms with E-state index in [2.05, 4.69) is 28.1 Å².